The van der Waals surface area contributed by atoms with Crippen molar-refractivity contribution in [1.82, 2.24) is 9.97 Å². The van der Waals surface area contributed by atoms with Crippen molar-refractivity contribution in [2.45, 2.75) is 4.43 Å². The smallest absolute Gasteiger partial charge is 0.155 e. The number of nitrogens with zero attached hydrogens (tertiary/aromatic N) is 1. The minimum Gasteiger partial charge on any atom is -0.331 e. The zero-order chi connectivity index (χ0) is 8.27. The quantitative estimate of drug-likeness (QED) is 0.488. The molecule has 1 rings (SSSR count). The van der Waals surface area contributed by atoms with E-state index in [1.54, 1.807) is 0 Å². The molecular formula is C5H4ClIN2OS. The molecule has 0 aliphatic rings. The number of hydrogen-bond acceptors (Lipinski definition) is 2. The molecule has 11 heavy (non-hydrogen) atoms. The van der Waals surface area contributed by atoms with Crippen LogP contribution in [0.1, 0.15) is 5.82 Å². The maximum atomic E-state index is 10.4. The minimum absolute atomic E-state index is 0.344. The van der Waals surface area contributed by atoms with Crippen molar-refractivity contribution in [2.75, 3.05) is 0 Å². The van der Waals surface area contributed by atoms with Gasteiger partial charge in [-0.3, -0.25) is 0 Å². The van der Waals surface area contributed by atoms with Crippen molar-refractivity contribution in [3.05, 3.63) is 21.7 Å². The van der Waals surface area contributed by atoms with Crippen LogP contribution in [0.2, 0.25) is 5.02 Å². The topological polar surface area (TPSA) is 45.8 Å². The van der Waals surface area contributed by atoms with E-state index >= 15 is 0 Å². The molecule has 0 aromatic carbocycles. The van der Waals surface area contributed by atoms with E-state index in [-0.39, 0.29) is 0 Å². The lowest BCUT2D eigenvalue weighted by Gasteiger charge is -1.93. The van der Waals surface area contributed by atoms with Gasteiger partial charge < -0.3 is 4.98 Å². The van der Waals surface area contributed by atoms with Crippen LogP contribution in [0.4, 0.5) is 0 Å². The summed E-state index contributed by atoms with van der Waals surface area (Å²) >= 11 is 8.13. The Morgan fingerprint density at radius 1 is 1.82 bits per heavy atom. The lowest BCUT2D eigenvalue weighted by atomic mass is 10.6. The Balaban J connectivity index is 3.36. The molecular weight excluding hydrogens is 298 g/mol. The van der Waals surface area contributed by atoms with E-state index in [2.05, 4.69) is 32.6 Å². The Bertz CT molecular complexity index is 347. The van der Waals surface area contributed by atoms with Gasteiger partial charge in [0.25, 0.3) is 0 Å². The van der Waals surface area contributed by atoms with Gasteiger partial charge >= 0.3 is 0 Å². The fourth-order valence-corrected chi connectivity index (χ4v) is 1.41. The van der Waals surface area contributed by atoms with Gasteiger partial charge in [0.05, 0.1) is 15.6 Å². The molecule has 0 spiro atoms. The van der Waals surface area contributed by atoms with Crippen LogP contribution >= 0.6 is 34.2 Å². The first kappa shape index (κ1) is 9.21. The second kappa shape index (κ2) is 4.22. The van der Waals surface area contributed by atoms with Crippen LogP contribution in [0, 0.1) is 4.64 Å². The van der Waals surface area contributed by atoms with Gasteiger partial charge in [0.15, 0.2) is 4.64 Å². The van der Waals surface area contributed by atoms with Crippen LogP contribution in [-0.4, -0.2) is 14.2 Å². The van der Waals surface area contributed by atoms with E-state index in [1.807, 2.05) is 0 Å². The second-order valence-electron chi connectivity index (χ2n) is 1.72. The second-order valence-corrected chi connectivity index (χ2v) is 3.47. The molecule has 6 heteroatoms. The predicted octanol–water partition coefficient (Wildman–Crippen LogP) is 1.74. The van der Waals surface area contributed by atoms with Crippen molar-refractivity contribution in [2.24, 2.45) is 0 Å². The molecule has 1 heterocycles. The van der Waals surface area contributed by atoms with Gasteiger partial charge in [-0.15, -0.1) is 0 Å². The zero-order valence-electron chi connectivity index (χ0n) is 5.30. The summed E-state index contributed by atoms with van der Waals surface area (Å²) in [5.74, 6) is 0.758. The SMILES string of the molecule is O=S=c1[nH]c(CI)ncc1Cl. The molecule has 3 nitrogen and oxygen atoms in total. The van der Waals surface area contributed by atoms with Crippen LogP contribution in [0.15, 0.2) is 6.20 Å². The van der Waals surface area contributed by atoms with Crippen LogP contribution in [0.5, 0.6) is 0 Å². The van der Waals surface area contributed by atoms with E-state index in [0.717, 1.165) is 10.3 Å². The molecule has 1 N–H and O–H groups in total. The van der Waals surface area contributed by atoms with E-state index in [9.17, 15) is 4.21 Å². The van der Waals surface area contributed by atoms with Gasteiger partial charge in [0.1, 0.15) is 17.1 Å². The maximum absolute atomic E-state index is 10.4. The van der Waals surface area contributed by atoms with Gasteiger partial charge in [-0.25, -0.2) is 9.19 Å². The van der Waals surface area contributed by atoms with Gasteiger partial charge in [0.2, 0.25) is 0 Å². The average Bonchev–Trinajstić information content (AvgIpc) is 2.05. The summed E-state index contributed by atoms with van der Waals surface area (Å²) in [6, 6.07) is 0. The summed E-state index contributed by atoms with van der Waals surface area (Å²) < 4.78 is 11.6. The van der Waals surface area contributed by atoms with Crippen molar-refractivity contribution >= 4 is 45.4 Å². The number of hydrogen-bond donors (Lipinski definition) is 1. The summed E-state index contributed by atoms with van der Waals surface area (Å²) in [6.45, 7) is 0. The zero-order valence-corrected chi connectivity index (χ0v) is 9.03. The molecule has 0 radical (unpaired) electrons. The summed E-state index contributed by atoms with van der Waals surface area (Å²) in [5.41, 5.74) is 0. The number of alkyl halides is 1. The van der Waals surface area contributed by atoms with E-state index < -0.39 is 0 Å². The van der Waals surface area contributed by atoms with Crippen molar-refractivity contribution in [3.8, 4) is 0 Å². The normalized spacial score (nSPS) is 9.64. The van der Waals surface area contributed by atoms with E-state index in [4.69, 9.17) is 11.6 Å². The first-order valence-electron chi connectivity index (χ1n) is 2.70. The first-order valence-corrected chi connectivity index (χ1v) is 5.35. The molecule has 0 amide bonds. The third-order valence-corrected chi connectivity index (χ3v) is 2.63. The minimum atomic E-state index is 0.344. The molecule has 0 aliphatic carbocycles. The summed E-state index contributed by atoms with van der Waals surface area (Å²) in [7, 11) is 0. The van der Waals surface area contributed by atoms with Crippen molar-refractivity contribution in [3.63, 3.8) is 0 Å². The van der Waals surface area contributed by atoms with Crippen LogP contribution in [-0.2, 0) is 15.7 Å². The lowest BCUT2D eigenvalue weighted by Crippen LogP contribution is -1.91. The fourth-order valence-electron chi connectivity index (χ4n) is 0.545. The first-order chi connectivity index (χ1) is 5.27. The molecule has 1 aromatic rings. The number of aromatic amines is 1. The number of aromatic nitrogens is 2. The number of halogens is 2. The molecule has 0 bridgehead atoms. The van der Waals surface area contributed by atoms with E-state index in [1.165, 1.54) is 6.20 Å². The Morgan fingerprint density at radius 3 is 3.09 bits per heavy atom. The highest BCUT2D eigenvalue weighted by molar-refractivity contribution is 14.1. The molecule has 0 fully saturated rings. The Kier molecular flexibility index (Phi) is 3.53. The highest BCUT2D eigenvalue weighted by Gasteiger charge is 1.94. The van der Waals surface area contributed by atoms with Crippen LogP contribution in [0.25, 0.3) is 0 Å². The summed E-state index contributed by atoms with van der Waals surface area (Å²) in [6.07, 6.45) is 1.48. The fraction of sp³-hybridized carbons (Fsp3) is 0.200. The Morgan fingerprint density at radius 2 is 2.55 bits per heavy atom. The van der Waals surface area contributed by atoms with Crippen LogP contribution in [0.3, 0.4) is 0 Å². The van der Waals surface area contributed by atoms with Gasteiger partial charge in [-0.2, -0.15) is 0 Å². The van der Waals surface area contributed by atoms with Crippen LogP contribution < -0.4 is 0 Å². The highest BCUT2D eigenvalue weighted by atomic mass is 127. The van der Waals surface area contributed by atoms with E-state index in [0.29, 0.717) is 20.9 Å². The van der Waals surface area contributed by atoms with Gasteiger partial charge in [-0.05, 0) is 0 Å². The Labute approximate surface area is 85.4 Å². The molecule has 1 aromatic heterocycles. The third-order valence-electron chi connectivity index (χ3n) is 1.02. The lowest BCUT2D eigenvalue weighted by molar-refractivity contribution is 0.699. The third kappa shape index (κ3) is 2.28. The van der Waals surface area contributed by atoms with Gasteiger partial charge in [0, 0.05) is 0 Å². The van der Waals surface area contributed by atoms with Gasteiger partial charge in [-0.1, -0.05) is 34.2 Å². The number of H-pyrrole nitrogens is 1. The standard InChI is InChI=1S/C5H4ClIN2OS/c6-3-2-8-4(1-7)9-5(3)11-10/h2H,1H2,(H,8,9). The predicted molar refractivity (Wildman–Crippen MR) is 52.7 cm³/mol. The van der Waals surface area contributed by atoms with Crippen molar-refractivity contribution in [1.29, 1.82) is 0 Å². The number of rotatable bonds is 1. The monoisotopic (exact) mass is 302 g/mol. The van der Waals surface area contributed by atoms with Crippen molar-refractivity contribution < 1.29 is 4.21 Å². The number of nitrogens with one attached hydrogen (secondary N) is 1. The summed E-state index contributed by atoms with van der Waals surface area (Å²) in [4.78, 5) is 6.77. The maximum Gasteiger partial charge on any atom is 0.155 e. The molecule has 0 atom stereocenters. The molecule has 60 valence electrons. The largest absolute Gasteiger partial charge is 0.331 e. The molecule has 0 unspecified atom stereocenters. The molecule has 0 saturated carbocycles. The Hall–Kier alpha value is 0.120. The summed E-state index contributed by atoms with van der Waals surface area (Å²) in [5, 5.41) is 0.374. The average molecular weight is 303 g/mol. The highest BCUT2D eigenvalue weighted by Crippen LogP contribution is 2.06. The molecule has 0 aliphatic heterocycles. The molecule has 0 saturated heterocycles.